The second-order valence-corrected chi connectivity index (χ2v) is 6.47. The molecule has 0 saturated heterocycles. The minimum atomic E-state index is 0.390. The van der Waals surface area contributed by atoms with E-state index >= 15 is 0 Å². The van der Waals surface area contributed by atoms with E-state index in [9.17, 15) is 0 Å². The molecule has 22 heavy (non-hydrogen) atoms. The Kier molecular flexibility index (Phi) is 11.1. The van der Waals surface area contributed by atoms with Gasteiger partial charge in [-0.25, -0.2) is 4.98 Å². The predicted octanol–water partition coefficient (Wildman–Crippen LogP) is 5.29. The van der Waals surface area contributed by atoms with Crippen LogP contribution in [-0.2, 0) is 18.2 Å². The van der Waals surface area contributed by atoms with Gasteiger partial charge in [-0.1, -0.05) is 64.7 Å². The molecule has 0 aliphatic heterocycles. The van der Waals surface area contributed by atoms with Crippen LogP contribution in [0.25, 0.3) is 0 Å². The summed E-state index contributed by atoms with van der Waals surface area (Å²) in [5.74, 6) is 1.16. The zero-order valence-electron chi connectivity index (χ0n) is 15.0. The van der Waals surface area contributed by atoms with Crippen LogP contribution in [0.2, 0.25) is 0 Å². The second-order valence-electron chi connectivity index (χ2n) is 6.47. The molecule has 1 aromatic rings. The molecule has 3 nitrogen and oxygen atoms in total. The van der Waals surface area contributed by atoms with Gasteiger partial charge < -0.3 is 9.30 Å². The molecular formula is C19H36N2O. The van der Waals surface area contributed by atoms with Gasteiger partial charge in [0.2, 0.25) is 0 Å². The molecule has 0 saturated carbocycles. The lowest BCUT2D eigenvalue weighted by Crippen LogP contribution is -2.13. The number of nitrogens with zero attached hydrogens (tertiary/aromatic N) is 2. The van der Waals surface area contributed by atoms with Crippen molar-refractivity contribution in [2.45, 2.75) is 90.1 Å². The summed E-state index contributed by atoms with van der Waals surface area (Å²) >= 11 is 0. The summed E-state index contributed by atoms with van der Waals surface area (Å²) in [6.07, 6.45) is 20.0. The van der Waals surface area contributed by atoms with Crippen LogP contribution in [0.5, 0.6) is 0 Å². The zero-order valence-corrected chi connectivity index (χ0v) is 15.0. The highest BCUT2D eigenvalue weighted by Crippen LogP contribution is 2.15. The van der Waals surface area contributed by atoms with E-state index in [2.05, 4.69) is 23.5 Å². The summed E-state index contributed by atoms with van der Waals surface area (Å²) in [6, 6.07) is 0. The van der Waals surface area contributed by atoms with Crippen LogP contribution in [0.3, 0.4) is 0 Å². The van der Waals surface area contributed by atoms with E-state index in [-0.39, 0.29) is 0 Å². The van der Waals surface area contributed by atoms with Crippen molar-refractivity contribution >= 4 is 0 Å². The van der Waals surface area contributed by atoms with Gasteiger partial charge >= 0.3 is 0 Å². The van der Waals surface area contributed by atoms with Crippen molar-refractivity contribution in [3.05, 3.63) is 18.2 Å². The van der Waals surface area contributed by atoms with Gasteiger partial charge in [-0.15, -0.1) is 0 Å². The Morgan fingerprint density at radius 3 is 2.18 bits per heavy atom. The summed E-state index contributed by atoms with van der Waals surface area (Å²) < 4.78 is 7.73. The molecule has 1 aromatic heterocycles. The fourth-order valence-corrected chi connectivity index (χ4v) is 2.99. The van der Waals surface area contributed by atoms with Gasteiger partial charge in [-0.3, -0.25) is 0 Å². The van der Waals surface area contributed by atoms with Crippen molar-refractivity contribution in [2.24, 2.45) is 7.05 Å². The van der Waals surface area contributed by atoms with E-state index < -0.39 is 0 Å². The van der Waals surface area contributed by atoms with Gasteiger partial charge in [-0.2, -0.15) is 0 Å². The Bertz CT molecular complexity index is 362. The van der Waals surface area contributed by atoms with Crippen LogP contribution in [0.15, 0.2) is 12.4 Å². The standard InChI is InChI=1S/C19H36N2O/c1-4-5-6-7-8-9-10-11-12-13-18(22-3)14-15-19-20-16-17-21(19)2/h16-18H,4-15H2,1-3H3. The molecule has 0 aliphatic carbocycles. The second kappa shape index (κ2) is 12.7. The van der Waals surface area contributed by atoms with Gasteiger partial charge in [-0.05, 0) is 12.8 Å². The fourth-order valence-electron chi connectivity index (χ4n) is 2.99. The first-order valence-corrected chi connectivity index (χ1v) is 9.27. The monoisotopic (exact) mass is 308 g/mol. The molecule has 0 spiro atoms. The molecule has 3 heteroatoms. The third-order valence-corrected chi connectivity index (χ3v) is 4.57. The van der Waals surface area contributed by atoms with Gasteiger partial charge in [0, 0.05) is 33.0 Å². The van der Waals surface area contributed by atoms with Crippen molar-refractivity contribution in [3.8, 4) is 0 Å². The van der Waals surface area contributed by atoms with Crippen LogP contribution in [0, 0.1) is 0 Å². The summed E-state index contributed by atoms with van der Waals surface area (Å²) in [4.78, 5) is 4.38. The van der Waals surface area contributed by atoms with Crippen LogP contribution in [0.1, 0.15) is 83.4 Å². The van der Waals surface area contributed by atoms with Crippen LogP contribution in [0.4, 0.5) is 0 Å². The predicted molar refractivity (Wildman–Crippen MR) is 94.2 cm³/mol. The third-order valence-electron chi connectivity index (χ3n) is 4.57. The van der Waals surface area contributed by atoms with Crippen molar-refractivity contribution < 1.29 is 4.74 Å². The number of hydrogen-bond donors (Lipinski definition) is 0. The molecule has 0 N–H and O–H groups in total. The van der Waals surface area contributed by atoms with Gasteiger partial charge in [0.1, 0.15) is 5.82 Å². The Balaban J connectivity index is 1.98. The van der Waals surface area contributed by atoms with E-state index in [0.29, 0.717) is 6.10 Å². The topological polar surface area (TPSA) is 27.1 Å². The fraction of sp³-hybridized carbons (Fsp3) is 0.842. The quantitative estimate of drug-likeness (QED) is 0.437. The molecule has 1 rings (SSSR count). The zero-order chi connectivity index (χ0) is 16.0. The lowest BCUT2D eigenvalue weighted by molar-refractivity contribution is 0.0852. The third kappa shape index (κ3) is 8.57. The van der Waals surface area contributed by atoms with Crippen molar-refractivity contribution in [1.29, 1.82) is 0 Å². The van der Waals surface area contributed by atoms with E-state index in [1.807, 2.05) is 19.5 Å². The number of aromatic nitrogens is 2. The van der Waals surface area contributed by atoms with Crippen molar-refractivity contribution in [1.82, 2.24) is 9.55 Å². The van der Waals surface area contributed by atoms with E-state index in [1.54, 1.807) is 0 Å². The number of hydrogen-bond acceptors (Lipinski definition) is 2. The van der Waals surface area contributed by atoms with Crippen LogP contribution >= 0.6 is 0 Å². The number of methoxy groups -OCH3 is 1. The highest BCUT2D eigenvalue weighted by molar-refractivity contribution is 4.91. The van der Waals surface area contributed by atoms with E-state index in [0.717, 1.165) is 18.7 Å². The first-order chi connectivity index (χ1) is 10.8. The Labute approximate surface area is 137 Å². The van der Waals surface area contributed by atoms with Crippen LogP contribution < -0.4 is 0 Å². The molecule has 1 heterocycles. The minimum absolute atomic E-state index is 0.390. The smallest absolute Gasteiger partial charge is 0.108 e. The summed E-state index contributed by atoms with van der Waals surface area (Å²) in [6.45, 7) is 2.28. The molecule has 0 amide bonds. The number of unbranched alkanes of at least 4 members (excludes halogenated alkanes) is 8. The molecule has 0 fully saturated rings. The largest absolute Gasteiger partial charge is 0.381 e. The molecule has 0 aliphatic rings. The minimum Gasteiger partial charge on any atom is -0.381 e. The Morgan fingerprint density at radius 1 is 1.00 bits per heavy atom. The molecule has 0 aromatic carbocycles. The van der Waals surface area contributed by atoms with Gasteiger partial charge in [0.25, 0.3) is 0 Å². The maximum Gasteiger partial charge on any atom is 0.108 e. The first-order valence-electron chi connectivity index (χ1n) is 9.27. The summed E-state index contributed by atoms with van der Waals surface area (Å²) in [7, 11) is 3.90. The number of imidazole rings is 1. The number of rotatable bonds is 14. The van der Waals surface area contributed by atoms with Crippen LogP contribution in [-0.4, -0.2) is 22.8 Å². The van der Waals surface area contributed by atoms with Crippen molar-refractivity contribution in [3.63, 3.8) is 0 Å². The SMILES string of the molecule is CCCCCCCCCCCC(CCc1nccn1C)OC. The molecule has 128 valence electrons. The normalized spacial score (nSPS) is 12.7. The Hall–Kier alpha value is -0.830. The lowest BCUT2D eigenvalue weighted by Gasteiger charge is -2.15. The molecule has 1 unspecified atom stereocenters. The highest BCUT2D eigenvalue weighted by atomic mass is 16.5. The maximum atomic E-state index is 5.62. The van der Waals surface area contributed by atoms with Crippen molar-refractivity contribution in [2.75, 3.05) is 7.11 Å². The number of aryl methyl sites for hydroxylation is 2. The summed E-state index contributed by atoms with van der Waals surface area (Å²) in [5.41, 5.74) is 0. The highest BCUT2D eigenvalue weighted by Gasteiger charge is 2.09. The molecule has 0 radical (unpaired) electrons. The lowest BCUT2D eigenvalue weighted by atomic mass is 10.0. The first kappa shape index (κ1) is 19.2. The summed E-state index contributed by atoms with van der Waals surface area (Å²) in [5, 5.41) is 0. The van der Waals surface area contributed by atoms with Gasteiger partial charge in [0.15, 0.2) is 0 Å². The average Bonchev–Trinajstić information content (AvgIpc) is 2.94. The Morgan fingerprint density at radius 2 is 1.64 bits per heavy atom. The van der Waals surface area contributed by atoms with Gasteiger partial charge in [0.05, 0.1) is 6.10 Å². The average molecular weight is 309 g/mol. The van der Waals surface area contributed by atoms with E-state index in [1.165, 1.54) is 64.2 Å². The van der Waals surface area contributed by atoms with E-state index in [4.69, 9.17) is 4.74 Å². The number of ether oxygens (including phenoxy) is 1. The maximum absolute atomic E-state index is 5.62. The molecular weight excluding hydrogens is 272 g/mol. The molecule has 1 atom stereocenters. The molecule has 0 bridgehead atoms.